The highest BCUT2D eigenvalue weighted by molar-refractivity contribution is 5.94. The van der Waals surface area contributed by atoms with Crippen molar-refractivity contribution >= 4 is 5.91 Å². The normalized spacial score (nSPS) is 16.8. The highest BCUT2D eigenvalue weighted by Crippen LogP contribution is 2.34. The summed E-state index contributed by atoms with van der Waals surface area (Å²) in [5.74, 6) is 0.958. The van der Waals surface area contributed by atoms with Crippen molar-refractivity contribution in [3.8, 4) is 5.75 Å². The maximum atomic E-state index is 13.2. The maximum Gasteiger partial charge on any atom is 0.254 e. The number of rotatable bonds is 7. The third-order valence-electron chi connectivity index (χ3n) is 5.72. The fourth-order valence-electron chi connectivity index (χ4n) is 4.02. The van der Waals surface area contributed by atoms with Crippen molar-refractivity contribution in [2.24, 2.45) is 0 Å². The lowest BCUT2D eigenvalue weighted by Gasteiger charge is -2.26. The van der Waals surface area contributed by atoms with Gasteiger partial charge in [-0.25, -0.2) is 0 Å². The average Bonchev–Trinajstić information content (AvgIpc) is 3.21. The van der Waals surface area contributed by atoms with Gasteiger partial charge in [0.2, 0.25) is 0 Å². The topological polar surface area (TPSA) is 32.8 Å². The molecule has 2 aromatic rings. The van der Waals surface area contributed by atoms with Crippen molar-refractivity contribution in [2.45, 2.75) is 52.2 Å². The van der Waals surface area contributed by atoms with Crippen molar-refractivity contribution in [3.05, 3.63) is 65.2 Å². The van der Waals surface area contributed by atoms with Crippen LogP contribution in [-0.4, -0.2) is 41.9 Å². The van der Waals surface area contributed by atoms with Crippen LogP contribution in [0.4, 0.5) is 0 Å². The summed E-state index contributed by atoms with van der Waals surface area (Å²) in [5.41, 5.74) is 3.17. The molecule has 2 aromatic carbocycles. The standard InChI is InChI=1S/C24H32N2O2/c1-5-25(18(2)3)17-19-11-13-20(14-12-19)24(27)26-15-7-10-23(26)21-8-6-9-22(16-21)28-4/h6,8-9,11-14,16,18,23H,5,7,10,15,17H2,1-4H3. The Labute approximate surface area is 169 Å². The molecule has 0 bridgehead atoms. The van der Waals surface area contributed by atoms with Crippen LogP contribution in [0, 0.1) is 0 Å². The molecular weight excluding hydrogens is 348 g/mol. The Bertz CT molecular complexity index is 785. The van der Waals surface area contributed by atoms with E-state index in [0.717, 1.165) is 49.4 Å². The Kier molecular flexibility index (Phi) is 6.74. The van der Waals surface area contributed by atoms with Crippen molar-refractivity contribution in [1.82, 2.24) is 9.80 Å². The van der Waals surface area contributed by atoms with Crippen LogP contribution in [0.5, 0.6) is 5.75 Å². The molecule has 0 saturated carbocycles. The van der Waals surface area contributed by atoms with E-state index < -0.39 is 0 Å². The molecule has 0 aliphatic carbocycles. The molecule has 0 radical (unpaired) electrons. The van der Waals surface area contributed by atoms with E-state index in [9.17, 15) is 4.79 Å². The lowest BCUT2D eigenvalue weighted by atomic mass is 10.0. The molecule has 1 atom stereocenters. The Morgan fingerprint density at radius 1 is 1.21 bits per heavy atom. The quantitative estimate of drug-likeness (QED) is 0.685. The van der Waals surface area contributed by atoms with E-state index in [-0.39, 0.29) is 11.9 Å². The molecule has 4 nitrogen and oxygen atoms in total. The first-order chi connectivity index (χ1) is 13.5. The zero-order valence-corrected chi connectivity index (χ0v) is 17.5. The van der Waals surface area contributed by atoms with Gasteiger partial charge in [-0.2, -0.15) is 0 Å². The van der Waals surface area contributed by atoms with Gasteiger partial charge < -0.3 is 9.64 Å². The molecule has 150 valence electrons. The minimum Gasteiger partial charge on any atom is -0.497 e. The number of hydrogen-bond donors (Lipinski definition) is 0. The van der Waals surface area contributed by atoms with Gasteiger partial charge >= 0.3 is 0 Å². The van der Waals surface area contributed by atoms with E-state index in [1.165, 1.54) is 5.56 Å². The van der Waals surface area contributed by atoms with E-state index in [0.29, 0.717) is 6.04 Å². The average molecular weight is 381 g/mol. The second-order valence-electron chi connectivity index (χ2n) is 7.79. The Morgan fingerprint density at radius 2 is 1.96 bits per heavy atom. The van der Waals surface area contributed by atoms with Crippen LogP contribution in [-0.2, 0) is 6.54 Å². The van der Waals surface area contributed by atoms with Gasteiger partial charge in [-0.05, 0) is 68.6 Å². The van der Waals surface area contributed by atoms with Crippen LogP contribution in [0.25, 0.3) is 0 Å². The van der Waals surface area contributed by atoms with Gasteiger partial charge in [0, 0.05) is 24.7 Å². The monoisotopic (exact) mass is 380 g/mol. The summed E-state index contributed by atoms with van der Waals surface area (Å²) in [7, 11) is 1.68. The van der Waals surface area contributed by atoms with Gasteiger partial charge in [-0.15, -0.1) is 0 Å². The zero-order valence-electron chi connectivity index (χ0n) is 17.5. The number of methoxy groups -OCH3 is 1. The lowest BCUT2D eigenvalue weighted by Crippen LogP contribution is -2.31. The van der Waals surface area contributed by atoms with Gasteiger partial charge in [-0.1, -0.05) is 31.2 Å². The number of hydrogen-bond acceptors (Lipinski definition) is 3. The number of ether oxygens (including phenoxy) is 1. The minimum absolute atomic E-state index is 0.119. The largest absolute Gasteiger partial charge is 0.497 e. The number of carbonyl (C=O) groups is 1. The molecule has 0 aromatic heterocycles. The molecule has 1 amide bonds. The van der Waals surface area contributed by atoms with Crippen molar-refractivity contribution in [3.63, 3.8) is 0 Å². The van der Waals surface area contributed by atoms with E-state index in [2.05, 4.69) is 43.9 Å². The summed E-state index contributed by atoms with van der Waals surface area (Å²) < 4.78 is 5.36. The predicted molar refractivity (Wildman–Crippen MR) is 114 cm³/mol. The predicted octanol–water partition coefficient (Wildman–Crippen LogP) is 4.90. The first-order valence-electron chi connectivity index (χ1n) is 10.3. The molecule has 0 spiro atoms. The van der Waals surface area contributed by atoms with Gasteiger partial charge in [-0.3, -0.25) is 9.69 Å². The highest BCUT2D eigenvalue weighted by Gasteiger charge is 2.30. The fraction of sp³-hybridized carbons (Fsp3) is 0.458. The second-order valence-corrected chi connectivity index (χ2v) is 7.79. The maximum absolute atomic E-state index is 13.2. The van der Waals surface area contributed by atoms with Crippen LogP contribution in [0.1, 0.15) is 61.1 Å². The molecule has 1 heterocycles. The van der Waals surface area contributed by atoms with Crippen LogP contribution in [0.2, 0.25) is 0 Å². The zero-order chi connectivity index (χ0) is 20.1. The molecule has 4 heteroatoms. The van der Waals surface area contributed by atoms with Crippen LogP contribution >= 0.6 is 0 Å². The number of amides is 1. The molecule has 28 heavy (non-hydrogen) atoms. The van der Waals surface area contributed by atoms with Crippen LogP contribution < -0.4 is 4.74 Å². The Morgan fingerprint density at radius 3 is 2.61 bits per heavy atom. The van der Waals surface area contributed by atoms with Gasteiger partial charge in [0.1, 0.15) is 5.75 Å². The molecule has 1 saturated heterocycles. The molecule has 1 unspecified atom stereocenters. The Balaban J connectivity index is 1.73. The van der Waals surface area contributed by atoms with Crippen LogP contribution in [0.15, 0.2) is 48.5 Å². The van der Waals surface area contributed by atoms with Crippen molar-refractivity contribution in [1.29, 1.82) is 0 Å². The minimum atomic E-state index is 0.119. The SMILES string of the molecule is CCN(Cc1ccc(C(=O)N2CCCC2c2cccc(OC)c2)cc1)C(C)C. The van der Waals surface area contributed by atoms with Gasteiger partial charge in [0.25, 0.3) is 5.91 Å². The molecule has 1 fully saturated rings. The summed E-state index contributed by atoms with van der Waals surface area (Å²) in [6.45, 7) is 9.36. The molecule has 3 rings (SSSR count). The van der Waals surface area contributed by atoms with E-state index in [4.69, 9.17) is 4.74 Å². The van der Waals surface area contributed by atoms with E-state index in [1.54, 1.807) is 7.11 Å². The molecule has 1 aliphatic rings. The van der Waals surface area contributed by atoms with Crippen molar-refractivity contribution in [2.75, 3.05) is 20.2 Å². The van der Waals surface area contributed by atoms with Crippen molar-refractivity contribution < 1.29 is 9.53 Å². The Hall–Kier alpha value is -2.33. The number of nitrogens with zero attached hydrogens (tertiary/aromatic N) is 2. The molecule has 0 N–H and O–H groups in total. The number of likely N-dealkylation sites (tertiary alicyclic amines) is 1. The van der Waals surface area contributed by atoms with E-state index in [1.807, 2.05) is 35.2 Å². The first-order valence-corrected chi connectivity index (χ1v) is 10.3. The van der Waals surface area contributed by atoms with Gasteiger partial charge in [0.15, 0.2) is 0 Å². The summed E-state index contributed by atoms with van der Waals surface area (Å²) >= 11 is 0. The third-order valence-corrected chi connectivity index (χ3v) is 5.72. The summed E-state index contributed by atoms with van der Waals surface area (Å²) in [4.78, 5) is 17.6. The smallest absolute Gasteiger partial charge is 0.254 e. The number of benzene rings is 2. The van der Waals surface area contributed by atoms with Crippen LogP contribution in [0.3, 0.4) is 0 Å². The molecular formula is C24H32N2O2. The second kappa shape index (κ2) is 9.24. The highest BCUT2D eigenvalue weighted by atomic mass is 16.5. The molecule has 1 aliphatic heterocycles. The third kappa shape index (κ3) is 4.56. The van der Waals surface area contributed by atoms with E-state index >= 15 is 0 Å². The summed E-state index contributed by atoms with van der Waals surface area (Å²) in [6, 6.07) is 16.9. The first kappa shape index (κ1) is 20.4. The number of carbonyl (C=O) groups excluding carboxylic acids is 1. The fourth-order valence-corrected chi connectivity index (χ4v) is 4.02. The lowest BCUT2D eigenvalue weighted by molar-refractivity contribution is 0.0735. The summed E-state index contributed by atoms with van der Waals surface area (Å²) in [5, 5.41) is 0. The van der Waals surface area contributed by atoms with Gasteiger partial charge in [0.05, 0.1) is 13.2 Å². The summed E-state index contributed by atoms with van der Waals surface area (Å²) in [6.07, 6.45) is 2.03.